The summed E-state index contributed by atoms with van der Waals surface area (Å²) in [5, 5.41) is 21.8. The Morgan fingerprint density at radius 2 is 1.79 bits per heavy atom. The van der Waals surface area contributed by atoms with Crippen molar-refractivity contribution in [2.45, 2.75) is 12.5 Å². The van der Waals surface area contributed by atoms with E-state index in [1.54, 1.807) is 30.3 Å². The maximum atomic E-state index is 13.4. The molecule has 0 aliphatic carbocycles. The Morgan fingerprint density at radius 3 is 2.53 bits per heavy atom. The SMILES string of the molecule is COc1cc(C2/C(=C(\O)c3ccc4c(c3)OCCO4)C(=O)C(=O)N2CCCN2CCOCC2)cc(Br)c1O. The van der Waals surface area contributed by atoms with Gasteiger partial charge in [-0.15, -0.1) is 0 Å². The molecule has 11 heteroatoms. The first kappa shape index (κ1) is 26.3. The van der Waals surface area contributed by atoms with Gasteiger partial charge in [-0.05, 0) is 58.2 Å². The molecule has 2 aromatic rings. The minimum absolute atomic E-state index is 0.0438. The normalized spacial score (nSPS) is 21.1. The van der Waals surface area contributed by atoms with Crippen LogP contribution < -0.4 is 14.2 Å². The van der Waals surface area contributed by atoms with Gasteiger partial charge in [0.25, 0.3) is 11.7 Å². The first-order valence-corrected chi connectivity index (χ1v) is 13.2. The highest BCUT2D eigenvalue weighted by molar-refractivity contribution is 9.10. The summed E-state index contributed by atoms with van der Waals surface area (Å²) in [6.07, 6.45) is 0.629. The summed E-state index contributed by atoms with van der Waals surface area (Å²) < 4.78 is 22.3. The molecule has 1 atom stereocenters. The number of carbonyl (C=O) groups excluding carboxylic acids is 2. The molecule has 38 heavy (non-hydrogen) atoms. The first-order valence-electron chi connectivity index (χ1n) is 12.4. The minimum Gasteiger partial charge on any atom is -0.507 e. The van der Waals surface area contributed by atoms with Crippen LogP contribution in [0.4, 0.5) is 0 Å². The van der Waals surface area contributed by atoms with Crippen molar-refractivity contribution in [2.75, 3.05) is 59.7 Å². The summed E-state index contributed by atoms with van der Waals surface area (Å²) in [6.45, 7) is 4.79. The summed E-state index contributed by atoms with van der Waals surface area (Å²) in [5.74, 6) is -0.731. The summed E-state index contributed by atoms with van der Waals surface area (Å²) >= 11 is 3.34. The van der Waals surface area contributed by atoms with Crippen molar-refractivity contribution in [1.29, 1.82) is 0 Å². The van der Waals surface area contributed by atoms with Gasteiger partial charge >= 0.3 is 0 Å². The number of phenolic OH excluding ortho intramolecular Hbond substituents is 1. The molecule has 1 unspecified atom stereocenters. The number of aliphatic hydroxyl groups excluding tert-OH is 1. The molecule has 0 saturated carbocycles. The van der Waals surface area contributed by atoms with Crippen LogP contribution in [0.15, 0.2) is 40.4 Å². The van der Waals surface area contributed by atoms with Gasteiger partial charge in [-0.3, -0.25) is 14.5 Å². The van der Waals surface area contributed by atoms with Gasteiger partial charge in [0, 0.05) is 31.7 Å². The van der Waals surface area contributed by atoms with Crippen molar-refractivity contribution in [2.24, 2.45) is 0 Å². The number of ether oxygens (including phenoxy) is 4. The number of ketones is 1. The number of rotatable bonds is 7. The number of Topliss-reactive ketones (excluding diaryl/α,β-unsaturated/α-hetero) is 1. The zero-order chi connectivity index (χ0) is 26.8. The lowest BCUT2D eigenvalue weighted by atomic mass is 9.94. The fourth-order valence-electron chi connectivity index (χ4n) is 5.00. The van der Waals surface area contributed by atoms with E-state index in [1.807, 2.05) is 0 Å². The lowest BCUT2D eigenvalue weighted by Gasteiger charge is -2.29. The Bertz CT molecular complexity index is 1270. The Morgan fingerprint density at radius 1 is 1.05 bits per heavy atom. The number of likely N-dealkylation sites (tertiary alicyclic amines) is 1. The van der Waals surface area contributed by atoms with E-state index in [4.69, 9.17) is 18.9 Å². The number of hydrogen-bond acceptors (Lipinski definition) is 9. The van der Waals surface area contributed by atoms with Gasteiger partial charge in [0.1, 0.15) is 19.0 Å². The van der Waals surface area contributed by atoms with Crippen LogP contribution in [-0.4, -0.2) is 91.4 Å². The second-order valence-electron chi connectivity index (χ2n) is 9.21. The highest BCUT2D eigenvalue weighted by atomic mass is 79.9. The third kappa shape index (κ3) is 5.05. The lowest BCUT2D eigenvalue weighted by molar-refractivity contribution is -0.140. The molecular formula is C27H29BrN2O8. The zero-order valence-electron chi connectivity index (χ0n) is 20.9. The third-order valence-corrected chi connectivity index (χ3v) is 7.52. The first-order chi connectivity index (χ1) is 18.4. The van der Waals surface area contributed by atoms with Crippen molar-refractivity contribution in [3.05, 3.63) is 51.5 Å². The molecule has 2 saturated heterocycles. The maximum absolute atomic E-state index is 13.4. The molecule has 0 aromatic heterocycles. The van der Waals surface area contributed by atoms with Gasteiger partial charge in [0.05, 0.1) is 36.4 Å². The lowest BCUT2D eigenvalue weighted by Crippen LogP contribution is -2.39. The standard InChI is InChI=1S/C27H29BrN2O8/c1-35-21-15-17(13-18(28)25(21)32)23-22(24(31)16-3-4-19-20(14-16)38-12-11-37-19)26(33)27(34)30(23)6-2-5-29-7-9-36-10-8-29/h3-4,13-15,23,31-32H,2,5-12H2,1H3/b24-22+. The van der Waals surface area contributed by atoms with Crippen LogP contribution in [0.5, 0.6) is 23.0 Å². The fraction of sp³-hybridized carbons (Fsp3) is 0.407. The zero-order valence-corrected chi connectivity index (χ0v) is 22.5. The second-order valence-corrected chi connectivity index (χ2v) is 10.1. The molecule has 2 aromatic carbocycles. The van der Waals surface area contributed by atoms with Crippen LogP contribution in [0, 0.1) is 0 Å². The number of benzene rings is 2. The Labute approximate surface area is 228 Å². The molecule has 10 nitrogen and oxygen atoms in total. The van der Waals surface area contributed by atoms with E-state index in [0.29, 0.717) is 66.5 Å². The van der Waals surface area contributed by atoms with E-state index < -0.39 is 17.7 Å². The molecule has 202 valence electrons. The number of nitrogens with zero attached hydrogens (tertiary/aromatic N) is 2. The van der Waals surface area contributed by atoms with E-state index in [-0.39, 0.29) is 22.8 Å². The molecule has 3 aliphatic heterocycles. The molecule has 0 radical (unpaired) electrons. The highest BCUT2D eigenvalue weighted by Crippen LogP contribution is 2.45. The number of aliphatic hydroxyl groups is 1. The Kier molecular flexibility index (Phi) is 7.78. The van der Waals surface area contributed by atoms with Crippen LogP contribution in [0.2, 0.25) is 0 Å². The molecule has 0 bridgehead atoms. The van der Waals surface area contributed by atoms with Gasteiger partial charge in [-0.1, -0.05) is 0 Å². The van der Waals surface area contributed by atoms with Gasteiger partial charge in [0.2, 0.25) is 0 Å². The summed E-state index contributed by atoms with van der Waals surface area (Å²) in [6, 6.07) is 7.19. The largest absolute Gasteiger partial charge is 0.507 e. The number of aromatic hydroxyl groups is 1. The van der Waals surface area contributed by atoms with E-state index in [2.05, 4.69) is 20.8 Å². The number of methoxy groups -OCH3 is 1. The van der Waals surface area contributed by atoms with E-state index in [0.717, 1.165) is 19.6 Å². The average molecular weight is 589 g/mol. The molecule has 3 heterocycles. The monoisotopic (exact) mass is 588 g/mol. The number of fused-ring (bicyclic) bond motifs is 1. The quantitative estimate of drug-likeness (QED) is 0.286. The highest BCUT2D eigenvalue weighted by Gasteiger charge is 2.46. The van der Waals surface area contributed by atoms with E-state index in [9.17, 15) is 19.8 Å². The van der Waals surface area contributed by atoms with Crippen molar-refractivity contribution in [3.63, 3.8) is 0 Å². The van der Waals surface area contributed by atoms with Crippen molar-refractivity contribution in [1.82, 2.24) is 9.80 Å². The number of amides is 1. The van der Waals surface area contributed by atoms with Crippen LogP contribution >= 0.6 is 15.9 Å². The summed E-state index contributed by atoms with van der Waals surface area (Å²) in [5.41, 5.74) is 0.796. The Balaban J connectivity index is 1.54. The molecule has 1 amide bonds. The molecule has 3 aliphatic rings. The number of hydrogen-bond donors (Lipinski definition) is 2. The van der Waals surface area contributed by atoms with Crippen LogP contribution in [0.3, 0.4) is 0 Å². The number of carbonyl (C=O) groups is 2. The average Bonchev–Trinajstić information content (AvgIpc) is 3.19. The topological polar surface area (TPSA) is 118 Å². The van der Waals surface area contributed by atoms with Crippen LogP contribution in [-0.2, 0) is 14.3 Å². The summed E-state index contributed by atoms with van der Waals surface area (Å²) in [4.78, 5) is 30.4. The predicted octanol–water partition coefficient (Wildman–Crippen LogP) is 3.08. The van der Waals surface area contributed by atoms with Crippen molar-refractivity contribution in [3.8, 4) is 23.0 Å². The van der Waals surface area contributed by atoms with Gasteiger partial charge in [-0.25, -0.2) is 0 Å². The van der Waals surface area contributed by atoms with Gasteiger partial charge in [0.15, 0.2) is 23.0 Å². The van der Waals surface area contributed by atoms with Gasteiger partial charge < -0.3 is 34.1 Å². The predicted molar refractivity (Wildman–Crippen MR) is 141 cm³/mol. The number of halogens is 1. The Hall–Kier alpha value is -3.28. The van der Waals surface area contributed by atoms with Gasteiger partial charge in [-0.2, -0.15) is 0 Å². The molecule has 2 fully saturated rings. The third-order valence-electron chi connectivity index (χ3n) is 6.92. The van der Waals surface area contributed by atoms with Crippen LogP contribution in [0.25, 0.3) is 5.76 Å². The molecule has 5 rings (SSSR count). The second kappa shape index (κ2) is 11.2. The minimum atomic E-state index is -0.890. The van der Waals surface area contributed by atoms with E-state index >= 15 is 0 Å². The maximum Gasteiger partial charge on any atom is 0.295 e. The molecular weight excluding hydrogens is 560 g/mol. The fourth-order valence-corrected chi connectivity index (χ4v) is 5.46. The molecule has 2 N–H and O–H groups in total. The number of phenols is 1. The number of morpholine rings is 1. The van der Waals surface area contributed by atoms with Crippen LogP contribution in [0.1, 0.15) is 23.6 Å². The summed E-state index contributed by atoms with van der Waals surface area (Å²) in [7, 11) is 1.42. The van der Waals surface area contributed by atoms with E-state index in [1.165, 1.54) is 12.0 Å². The van der Waals surface area contributed by atoms with Crippen molar-refractivity contribution < 1.29 is 38.7 Å². The molecule has 0 spiro atoms. The van der Waals surface area contributed by atoms with Crippen molar-refractivity contribution >= 4 is 33.4 Å². The smallest absolute Gasteiger partial charge is 0.295 e.